The van der Waals surface area contributed by atoms with Gasteiger partial charge < -0.3 is 20.2 Å². The zero-order chi connectivity index (χ0) is 17.4. The molecule has 0 radical (unpaired) electrons. The van der Waals surface area contributed by atoms with Crippen LogP contribution in [-0.2, 0) is 16.0 Å². The summed E-state index contributed by atoms with van der Waals surface area (Å²) in [5, 5.41) is 15.3. The molecule has 1 aliphatic carbocycles. The van der Waals surface area contributed by atoms with Gasteiger partial charge in [0.25, 0.3) is 0 Å². The maximum absolute atomic E-state index is 11.8. The second-order valence-electron chi connectivity index (χ2n) is 6.55. The molecule has 6 heteroatoms. The Hall–Kier alpha value is -2.08. The van der Waals surface area contributed by atoms with Gasteiger partial charge in [0.05, 0.1) is 11.9 Å². The van der Waals surface area contributed by atoms with Crippen molar-refractivity contribution in [2.45, 2.75) is 51.0 Å². The number of amides is 2. The number of carbonyl (C=O) groups excluding carboxylic acids is 2. The van der Waals surface area contributed by atoms with E-state index in [1.807, 2.05) is 0 Å². The molecule has 132 valence electrons. The third kappa shape index (κ3) is 6.20. The summed E-state index contributed by atoms with van der Waals surface area (Å²) < 4.78 is 5.18. The molecule has 1 aromatic rings. The molecule has 0 unspecified atom stereocenters. The van der Waals surface area contributed by atoms with E-state index in [0.717, 1.165) is 19.3 Å². The minimum Gasteiger partial charge on any atom is -0.469 e. The molecule has 0 spiro atoms. The first kappa shape index (κ1) is 18.3. The third-order valence-electron chi connectivity index (χ3n) is 4.09. The van der Waals surface area contributed by atoms with Crippen LogP contribution < -0.4 is 10.6 Å². The van der Waals surface area contributed by atoms with Crippen molar-refractivity contribution < 1.29 is 19.1 Å². The quantitative estimate of drug-likeness (QED) is 0.523. The summed E-state index contributed by atoms with van der Waals surface area (Å²) in [6.07, 6.45) is 9.42. The molecule has 2 rings (SSSR count). The predicted molar refractivity (Wildman–Crippen MR) is 90.2 cm³/mol. The molecule has 1 heterocycles. The first-order valence-corrected chi connectivity index (χ1v) is 8.45. The number of hydrogen-bond acceptors (Lipinski definition) is 4. The molecule has 1 atom stereocenters. The van der Waals surface area contributed by atoms with E-state index in [-0.39, 0.29) is 13.0 Å². The van der Waals surface area contributed by atoms with E-state index in [2.05, 4.69) is 16.7 Å². The van der Waals surface area contributed by atoms with Gasteiger partial charge in [-0.2, -0.15) is 0 Å². The van der Waals surface area contributed by atoms with Crippen LogP contribution in [-0.4, -0.2) is 35.6 Å². The highest BCUT2D eigenvalue weighted by Gasteiger charge is 2.24. The van der Waals surface area contributed by atoms with Crippen molar-refractivity contribution in [3.8, 4) is 0 Å². The fraction of sp³-hybridized carbons (Fsp3) is 0.556. The molecule has 0 saturated heterocycles. The smallest absolute Gasteiger partial charge is 0.309 e. The van der Waals surface area contributed by atoms with Crippen molar-refractivity contribution in [3.63, 3.8) is 0 Å². The highest BCUT2D eigenvalue weighted by molar-refractivity contribution is 6.35. The van der Waals surface area contributed by atoms with Crippen LogP contribution in [0.15, 0.2) is 34.5 Å². The lowest BCUT2D eigenvalue weighted by atomic mass is 9.97. The molecule has 0 aliphatic heterocycles. The maximum atomic E-state index is 11.8. The molecule has 6 nitrogen and oxygen atoms in total. The first-order chi connectivity index (χ1) is 11.5. The Balaban J connectivity index is 1.67. The van der Waals surface area contributed by atoms with Gasteiger partial charge >= 0.3 is 11.8 Å². The maximum Gasteiger partial charge on any atom is 0.309 e. The molecule has 0 fully saturated rings. The average molecular weight is 334 g/mol. The van der Waals surface area contributed by atoms with Gasteiger partial charge in [-0.1, -0.05) is 11.6 Å². The molecular weight excluding hydrogens is 308 g/mol. The molecule has 0 bridgehead atoms. The van der Waals surface area contributed by atoms with Gasteiger partial charge in [-0.3, -0.25) is 9.59 Å². The van der Waals surface area contributed by atoms with Crippen molar-refractivity contribution in [1.82, 2.24) is 10.6 Å². The van der Waals surface area contributed by atoms with E-state index in [0.29, 0.717) is 12.3 Å². The Morgan fingerprint density at radius 1 is 1.29 bits per heavy atom. The topological polar surface area (TPSA) is 91.6 Å². The fourth-order valence-electron chi connectivity index (χ4n) is 2.75. The molecule has 0 aromatic carbocycles. The van der Waals surface area contributed by atoms with Gasteiger partial charge in [0.2, 0.25) is 0 Å². The number of nitrogens with one attached hydrogen (secondary N) is 2. The highest BCUT2D eigenvalue weighted by Crippen LogP contribution is 2.19. The van der Waals surface area contributed by atoms with Crippen LogP contribution in [0.1, 0.15) is 44.8 Å². The minimum absolute atomic E-state index is 0.0227. The summed E-state index contributed by atoms with van der Waals surface area (Å²) in [7, 11) is 0. The first-order valence-electron chi connectivity index (χ1n) is 8.45. The molecule has 1 aromatic heterocycles. The second kappa shape index (κ2) is 8.68. The number of furan rings is 1. The van der Waals surface area contributed by atoms with Crippen molar-refractivity contribution in [3.05, 3.63) is 35.8 Å². The van der Waals surface area contributed by atoms with E-state index < -0.39 is 17.4 Å². The average Bonchev–Trinajstić information content (AvgIpc) is 3.05. The fourth-order valence-corrected chi connectivity index (χ4v) is 2.75. The van der Waals surface area contributed by atoms with Crippen LogP contribution in [0.25, 0.3) is 0 Å². The van der Waals surface area contributed by atoms with Crippen LogP contribution in [0.4, 0.5) is 0 Å². The van der Waals surface area contributed by atoms with Gasteiger partial charge in [-0.25, -0.2) is 0 Å². The van der Waals surface area contributed by atoms with Crippen molar-refractivity contribution in [2.24, 2.45) is 0 Å². The number of aliphatic hydroxyl groups is 1. The Bertz CT molecular complexity index is 576. The van der Waals surface area contributed by atoms with Gasteiger partial charge in [0.15, 0.2) is 0 Å². The van der Waals surface area contributed by atoms with Crippen LogP contribution in [0, 0.1) is 0 Å². The zero-order valence-electron chi connectivity index (χ0n) is 14.1. The SMILES string of the molecule is C[C@@](O)(CNC(=O)C(=O)NCCC1=CCCCC1)Cc1ccco1. The van der Waals surface area contributed by atoms with Gasteiger partial charge in [-0.15, -0.1) is 0 Å². The Morgan fingerprint density at radius 3 is 2.75 bits per heavy atom. The lowest BCUT2D eigenvalue weighted by Crippen LogP contribution is -2.47. The van der Waals surface area contributed by atoms with Gasteiger partial charge in [0.1, 0.15) is 5.76 Å². The Labute approximate surface area is 142 Å². The summed E-state index contributed by atoms with van der Waals surface area (Å²) in [5.74, 6) is -0.771. The molecular formula is C18H26N2O4. The van der Waals surface area contributed by atoms with E-state index in [1.54, 1.807) is 19.1 Å². The number of allylic oxidation sites excluding steroid dienone is 1. The molecule has 2 amide bonds. The Morgan fingerprint density at radius 2 is 2.08 bits per heavy atom. The summed E-state index contributed by atoms with van der Waals surface area (Å²) >= 11 is 0. The lowest BCUT2D eigenvalue weighted by molar-refractivity contribution is -0.139. The largest absolute Gasteiger partial charge is 0.469 e. The zero-order valence-corrected chi connectivity index (χ0v) is 14.1. The lowest BCUT2D eigenvalue weighted by Gasteiger charge is -2.22. The predicted octanol–water partition coefficient (Wildman–Crippen LogP) is 1.70. The summed E-state index contributed by atoms with van der Waals surface area (Å²) in [5.41, 5.74) is 0.170. The van der Waals surface area contributed by atoms with Crippen LogP contribution in [0.5, 0.6) is 0 Å². The summed E-state index contributed by atoms with van der Waals surface area (Å²) in [6, 6.07) is 3.49. The Kier molecular flexibility index (Phi) is 6.61. The molecule has 0 saturated carbocycles. The van der Waals surface area contributed by atoms with E-state index in [4.69, 9.17) is 4.42 Å². The molecule has 3 N–H and O–H groups in total. The number of carbonyl (C=O) groups is 2. The normalized spacial score (nSPS) is 16.8. The van der Waals surface area contributed by atoms with E-state index >= 15 is 0 Å². The van der Waals surface area contributed by atoms with Gasteiger partial charge in [0, 0.05) is 19.5 Å². The monoisotopic (exact) mass is 334 g/mol. The minimum atomic E-state index is -1.18. The van der Waals surface area contributed by atoms with Crippen LogP contribution in [0.2, 0.25) is 0 Å². The third-order valence-corrected chi connectivity index (χ3v) is 4.09. The standard InChI is InChI=1S/C18H26N2O4/c1-18(23,12-15-8-5-11-24-15)13-20-17(22)16(21)19-10-9-14-6-3-2-4-7-14/h5-6,8,11,23H,2-4,7,9-10,12-13H2,1H3,(H,19,21)(H,20,22)/t18-/m0/s1. The van der Waals surface area contributed by atoms with Crippen LogP contribution in [0.3, 0.4) is 0 Å². The highest BCUT2D eigenvalue weighted by atomic mass is 16.3. The summed E-state index contributed by atoms with van der Waals surface area (Å²) in [6.45, 7) is 2.02. The van der Waals surface area contributed by atoms with Crippen molar-refractivity contribution >= 4 is 11.8 Å². The number of rotatable bonds is 7. The molecule has 24 heavy (non-hydrogen) atoms. The van der Waals surface area contributed by atoms with Gasteiger partial charge in [-0.05, 0) is 51.2 Å². The molecule has 1 aliphatic rings. The van der Waals surface area contributed by atoms with Crippen molar-refractivity contribution in [1.29, 1.82) is 0 Å². The van der Waals surface area contributed by atoms with Crippen LogP contribution >= 0.6 is 0 Å². The second-order valence-corrected chi connectivity index (χ2v) is 6.55. The number of hydrogen-bond donors (Lipinski definition) is 3. The van der Waals surface area contributed by atoms with E-state index in [1.165, 1.54) is 24.7 Å². The summed E-state index contributed by atoms with van der Waals surface area (Å²) in [4.78, 5) is 23.6. The van der Waals surface area contributed by atoms with E-state index in [9.17, 15) is 14.7 Å². The van der Waals surface area contributed by atoms with Crippen molar-refractivity contribution in [2.75, 3.05) is 13.1 Å².